The fraction of sp³-hybridized carbons (Fsp3) is 0.333. The van der Waals surface area contributed by atoms with Gasteiger partial charge in [0, 0.05) is 6.54 Å². The lowest BCUT2D eigenvalue weighted by molar-refractivity contribution is 0.0605. The number of nitrogens with one attached hydrogen (secondary N) is 1. The molecular weight excluding hydrogens is 272 g/mol. The zero-order valence-electron chi connectivity index (χ0n) is 11.9. The third-order valence-electron chi connectivity index (χ3n) is 3.04. The molecule has 0 bridgehead atoms. The van der Waals surface area contributed by atoms with E-state index >= 15 is 0 Å². The zero-order chi connectivity index (χ0) is 14.5. The monoisotopic (exact) mass is 290 g/mol. The number of ether oxygens (including phenoxy) is 1. The Bertz CT molecular complexity index is 590. The number of methoxy groups -OCH3 is 1. The summed E-state index contributed by atoms with van der Waals surface area (Å²) in [5, 5.41) is 3.98. The van der Waals surface area contributed by atoms with E-state index in [2.05, 4.69) is 41.5 Å². The van der Waals surface area contributed by atoms with Crippen molar-refractivity contribution in [1.29, 1.82) is 0 Å². The van der Waals surface area contributed by atoms with E-state index in [4.69, 9.17) is 4.74 Å². The molecule has 20 heavy (non-hydrogen) atoms. The smallest absolute Gasteiger partial charge is 0.350 e. The number of rotatable bonds is 5. The number of thiazole rings is 1. The van der Waals surface area contributed by atoms with E-state index in [1.165, 1.54) is 29.6 Å². The van der Waals surface area contributed by atoms with E-state index in [1.807, 2.05) is 6.92 Å². The number of hydrogen-bond acceptors (Lipinski definition) is 5. The minimum Gasteiger partial charge on any atom is -0.465 e. The summed E-state index contributed by atoms with van der Waals surface area (Å²) < 4.78 is 4.72. The minimum atomic E-state index is -0.333. The number of benzene rings is 1. The summed E-state index contributed by atoms with van der Waals surface area (Å²) in [6, 6.07) is 8.47. The van der Waals surface area contributed by atoms with Crippen LogP contribution in [0.5, 0.6) is 0 Å². The van der Waals surface area contributed by atoms with Crippen molar-refractivity contribution < 1.29 is 9.53 Å². The molecule has 0 aliphatic rings. The van der Waals surface area contributed by atoms with Crippen LogP contribution in [-0.2, 0) is 17.7 Å². The molecule has 4 nitrogen and oxygen atoms in total. The SMILES string of the molecule is CCc1ccc(CNc2nc(C)c(C(=O)OC)s2)cc1. The number of aromatic nitrogens is 1. The molecule has 0 saturated carbocycles. The van der Waals surface area contributed by atoms with Gasteiger partial charge in [0.25, 0.3) is 0 Å². The molecule has 0 radical (unpaired) electrons. The second-order valence-corrected chi connectivity index (χ2v) is 5.45. The Balaban J connectivity index is 2.01. The van der Waals surface area contributed by atoms with Crippen molar-refractivity contribution in [3.05, 3.63) is 46.0 Å². The van der Waals surface area contributed by atoms with Crippen LogP contribution in [0.4, 0.5) is 5.13 Å². The van der Waals surface area contributed by atoms with Gasteiger partial charge in [-0.15, -0.1) is 0 Å². The lowest BCUT2D eigenvalue weighted by Gasteiger charge is -2.03. The van der Waals surface area contributed by atoms with Crippen LogP contribution in [0.15, 0.2) is 24.3 Å². The summed E-state index contributed by atoms with van der Waals surface area (Å²) in [5.41, 5.74) is 3.21. The molecule has 2 rings (SSSR count). The van der Waals surface area contributed by atoms with Crippen LogP contribution in [0.1, 0.15) is 33.4 Å². The summed E-state index contributed by atoms with van der Waals surface area (Å²) in [4.78, 5) is 16.4. The molecule has 0 aliphatic carbocycles. The van der Waals surface area contributed by atoms with Gasteiger partial charge in [-0.3, -0.25) is 0 Å². The Morgan fingerprint density at radius 2 is 1.95 bits per heavy atom. The topological polar surface area (TPSA) is 51.2 Å². The van der Waals surface area contributed by atoms with Crippen molar-refractivity contribution >= 4 is 22.4 Å². The second-order valence-electron chi connectivity index (χ2n) is 4.45. The van der Waals surface area contributed by atoms with Gasteiger partial charge in [-0.05, 0) is 24.5 Å². The van der Waals surface area contributed by atoms with Gasteiger partial charge in [-0.1, -0.05) is 42.5 Å². The first kappa shape index (κ1) is 14.5. The highest BCUT2D eigenvalue weighted by molar-refractivity contribution is 7.17. The third kappa shape index (κ3) is 3.36. The molecule has 1 heterocycles. The number of esters is 1. The van der Waals surface area contributed by atoms with Gasteiger partial charge in [-0.25, -0.2) is 9.78 Å². The Morgan fingerprint density at radius 3 is 2.55 bits per heavy atom. The van der Waals surface area contributed by atoms with E-state index in [0.717, 1.165) is 11.6 Å². The maximum atomic E-state index is 11.5. The van der Waals surface area contributed by atoms with E-state index in [9.17, 15) is 4.79 Å². The van der Waals surface area contributed by atoms with Crippen molar-refractivity contribution in [3.8, 4) is 0 Å². The van der Waals surface area contributed by atoms with E-state index in [0.29, 0.717) is 17.1 Å². The average molecular weight is 290 g/mol. The van der Waals surface area contributed by atoms with Crippen LogP contribution in [0.2, 0.25) is 0 Å². The Morgan fingerprint density at radius 1 is 1.30 bits per heavy atom. The molecule has 0 spiro atoms. The van der Waals surface area contributed by atoms with Crippen LogP contribution >= 0.6 is 11.3 Å². The first-order valence-corrected chi connectivity index (χ1v) is 7.33. The van der Waals surface area contributed by atoms with Gasteiger partial charge in [0.05, 0.1) is 12.8 Å². The van der Waals surface area contributed by atoms with Crippen LogP contribution in [0.3, 0.4) is 0 Å². The molecule has 1 aromatic carbocycles. The largest absolute Gasteiger partial charge is 0.465 e. The van der Waals surface area contributed by atoms with Crippen LogP contribution in [0.25, 0.3) is 0 Å². The van der Waals surface area contributed by atoms with Gasteiger partial charge in [0.15, 0.2) is 5.13 Å². The quantitative estimate of drug-likeness (QED) is 0.857. The van der Waals surface area contributed by atoms with Gasteiger partial charge >= 0.3 is 5.97 Å². The molecule has 0 aliphatic heterocycles. The second kappa shape index (κ2) is 6.52. The highest BCUT2D eigenvalue weighted by Gasteiger charge is 2.15. The standard InChI is InChI=1S/C15H18N2O2S/c1-4-11-5-7-12(8-6-11)9-16-15-17-10(2)13(20-15)14(18)19-3/h5-8H,4,9H2,1-3H3,(H,16,17). The number of carbonyl (C=O) groups excluding carboxylic acids is 1. The Hall–Kier alpha value is -1.88. The minimum absolute atomic E-state index is 0.333. The number of hydrogen-bond donors (Lipinski definition) is 1. The fourth-order valence-corrected chi connectivity index (χ4v) is 2.70. The third-order valence-corrected chi connectivity index (χ3v) is 4.14. The molecule has 0 fully saturated rings. The zero-order valence-corrected chi connectivity index (χ0v) is 12.7. The fourth-order valence-electron chi connectivity index (χ4n) is 1.82. The summed E-state index contributed by atoms with van der Waals surface area (Å²) in [6.07, 6.45) is 1.04. The summed E-state index contributed by atoms with van der Waals surface area (Å²) in [5.74, 6) is -0.333. The molecule has 5 heteroatoms. The molecule has 1 aromatic heterocycles. The lowest BCUT2D eigenvalue weighted by atomic mass is 10.1. The van der Waals surface area contributed by atoms with Crippen molar-refractivity contribution in [2.45, 2.75) is 26.8 Å². The van der Waals surface area contributed by atoms with Crippen molar-refractivity contribution in [1.82, 2.24) is 4.98 Å². The van der Waals surface area contributed by atoms with Crippen molar-refractivity contribution in [3.63, 3.8) is 0 Å². The molecule has 0 amide bonds. The first-order chi connectivity index (χ1) is 9.63. The molecule has 2 aromatic rings. The van der Waals surface area contributed by atoms with Gasteiger partial charge in [0.1, 0.15) is 4.88 Å². The van der Waals surface area contributed by atoms with E-state index < -0.39 is 0 Å². The predicted molar refractivity (Wildman–Crippen MR) is 81.3 cm³/mol. The Kier molecular flexibility index (Phi) is 4.74. The van der Waals surface area contributed by atoms with Crippen LogP contribution in [-0.4, -0.2) is 18.1 Å². The Labute approximate surface area is 122 Å². The first-order valence-electron chi connectivity index (χ1n) is 6.51. The van der Waals surface area contributed by atoms with Crippen LogP contribution < -0.4 is 5.32 Å². The highest BCUT2D eigenvalue weighted by atomic mass is 32.1. The maximum absolute atomic E-state index is 11.5. The summed E-state index contributed by atoms with van der Waals surface area (Å²) in [7, 11) is 1.38. The van der Waals surface area contributed by atoms with E-state index in [1.54, 1.807) is 0 Å². The number of aryl methyl sites for hydroxylation is 2. The van der Waals surface area contributed by atoms with Gasteiger partial charge in [0.2, 0.25) is 0 Å². The lowest BCUT2D eigenvalue weighted by Crippen LogP contribution is -1.99. The van der Waals surface area contributed by atoms with Gasteiger partial charge in [-0.2, -0.15) is 0 Å². The van der Waals surface area contributed by atoms with Crippen LogP contribution in [0, 0.1) is 6.92 Å². The molecular formula is C15H18N2O2S. The van der Waals surface area contributed by atoms with Crippen molar-refractivity contribution in [2.24, 2.45) is 0 Å². The average Bonchev–Trinajstić information content (AvgIpc) is 2.86. The predicted octanol–water partition coefficient (Wildman–Crippen LogP) is 3.41. The molecule has 0 unspecified atom stereocenters. The molecule has 1 N–H and O–H groups in total. The number of carbonyl (C=O) groups is 1. The molecule has 0 saturated heterocycles. The highest BCUT2D eigenvalue weighted by Crippen LogP contribution is 2.23. The maximum Gasteiger partial charge on any atom is 0.350 e. The number of anilines is 1. The molecule has 106 valence electrons. The number of nitrogens with zero attached hydrogens (tertiary/aromatic N) is 1. The summed E-state index contributed by atoms with van der Waals surface area (Å²) >= 11 is 1.32. The van der Waals surface area contributed by atoms with Crippen molar-refractivity contribution in [2.75, 3.05) is 12.4 Å². The van der Waals surface area contributed by atoms with Gasteiger partial charge < -0.3 is 10.1 Å². The summed E-state index contributed by atoms with van der Waals surface area (Å²) in [6.45, 7) is 4.64. The van der Waals surface area contributed by atoms with E-state index in [-0.39, 0.29) is 5.97 Å². The molecule has 0 atom stereocenters. The normalized spacial score (nSPS) is 10.3.